The summed E-state index contributed by atoms with van der Waals surface area (Å²) in [6.07, 6.45) is 0.815. The molecule has 1 aromatic rings. The standard InChI is InChI=1S/C9H12ClNO3S/c1-2-5-14-9-6-7(15(11,12)13)3-4-8(9)10/h3-4,6H,2,5H2,1H3,(H2,11,12,13). The molecule has 4 nitrogen and oxygen atoms in total. The van der Waals surface area contributed by atoms with Crippen LogP contribution in [0, 0.1) is 0 Å². The molecule has 0 unspecified atom stereocenters. The van der Waals surface area contributed by atoms with Gasteiger partial charge in [-0.2, -0.15) is 0 Å². The lowest BCUT2D eigenvalue weighted by Crippen LogP contribution is -2.12. The summed E-state index contributed by atoms with van der Waals surface area (Å²) in [4.78, 5) is -0.00185. The summed E-state index contributed by atoms with van der Waals surface area (Å²) < 4.78 is 27.4. The molecule has 6 heteroatoms. The second kappa shape index (κ2) is 4.83. The van der Waals surface area contributed by atoms with Crippen molar-refractivity contribution < 1.29 is 13.2 Å². The van der Waals surface area contributed by atoms with Gasteiger partial charge in [0.1, 0.15) is 5.75 Å². The Balaban J connectivity index is 3.06. The Kier molecular flexibility index (Phi) is 3.96. The van der Waals surface area contributed by atoms with Gasteiger partial charge in [0.15, 0.2) is 0 Å². The Morgan fingerprint density at radius 2 is 2.13 bits per heavy atom. The molecule has 0 aromatic heterocycles. The van der Waals surface area contributed by atoms with E-state index < -0.39 is 10.0 Å². The van der Waals surface area contributed by atoms with E-state index >= 15 is 0 Å². The first kappa shape index (κ1) is 12.3. The lowest BCUT2D eigenvalue weighted by atomic mass is 10.3. The molecule has 0 bridgehead atoms. The Labute approximate surface area is 94.0 Å². The molecule has 0 aliphatic carbocycles. The molecule has 0 heterocycles. The van der Waals surface area contributed by atoms with E-state index in [0.717, 1.165) is 6.42 Å². The molecule has 0 amide bonds. The Bertz CT molecular complexity index is 445. The van der Waals surface area contributed by atoms with Gasteiger partial charge in [-0.15, -0.1) is 0 Å². The van der Waals surface area contributed by atoms with E-state index in [4.69, 9.17) is 21.5 Å². The summed E-state index contributed by atoms with van der Waals surface area (Å²) in [6, 6.07) is 4.12. The molecule has 0 atom stereocenters. The minimum Gasteiger partial charge on any atom is -0.492 e. The van der Waals surface area contributed by atoms with Crippen LogP contribution >= 0.6 is 11.6 Å². The van der Waals surface area contributed by atoms with Gasteiger partial charge in [-0.3, -0.25) is 0 Å². The van der Waals surface area contributed by atoms with Crippen molar-refractivity contribution in [2.24, 2.45) is 5.14 Å². The minimum atomic E-state index is -3.71. The third kappa shape index (κ3) is 3.37. The third-order valence-corrected chi connectivity index (χ3v) is 2.92. The molecule has 0 aliphatic heterocycles. The molecule has 1 rings (SSSR count). The fourth-order valence-electron chi connectivity index (χ4n) is 0.983. The van der Waals surface area contributed by atoms with Crippen molar-refractivity contribution >= 4 is 21.6 Å². The maximum absolute atomic E-state index is 11.0. The highest BCUT2D eigenvalue weighted by Crippen LogP contribution is 2.27. The predicted octanol–water partition coefficient (Wildman–Crippen LogP) is 1.78. The highest BCUT2D eigenvalue weighted by Gasteiger charge is 2.11. The van der Waals surface area contributed by atoms with E-state index in [0.29, 0.717) is 17.4 Å². The summed E-state index contributed by atoms with van der Waals surface area (Å²) in [5, 5.41) is 5.35. The number of primary sulfonamides is 1. The van der Waals surface area contributed by atoms with Gasteiger partial charge in [0.2, 0.25) is 10.0 Å². The second-order valence-corrected chi connectivity index (χ2v) is 4.95. The second-order valence-electron chi connectivity index (χ2n) is 2.99. The molecular formula is C9H12ClNO3S. The molecule has 0 fully saturated rings. The predicted molar refractivity (Wildman–Crippen MR) is 58.6 cm³/mol. The van der Waals surface area contributed by atoms with Crippen LogP contribution in [0.3, 0.4) is 0 Å². The van der Waals surface area contributed by atoms with Crippen molar-refractivity contribution in [1.82, 2.24) is 0 Å². The quantitative estimate of drug-likeness (QED) is 0.884. The molecule has 0 radical (unpaired) electrons. The molecule has 0 aliphatic rings. The average molecular weight is 250 g/mol. The van der Waals surface area contributed by atoms with Crippen LogP contribution in [0.1, 0.15) is 13.3 Å². The van der Waals surface area contributed by atoms with E-state index in [-0.39, 0.29) is 4.90 Å². The zero-order chi connectivity index (χ0) is 11.5. The molecule has 84 valence electrons. The van der Waals surface area contributed by atoms with Crippen molar-refractivity contribution in [3.8, 4) is 5.75 Å². The number of sulfonamides is 1. The number of hydrogen-bond donors (Lipinski definition) is 1. The minimum absolute atomic E-state index is 0.00185. The Hall–Kier alpha value is -0.780. The summed E-state index contributed by atoms with van der Waals surface area (Å²) >= 11 is 5.82. The topological polar surface area (TPSA) is 69.4 Å². The van der Waals surface area contributed by atoms with Crippen LogP contribution in [-0.2, 0) is 10.0 Å². The van der Waals surface area contributed by atoms with Gasteiger partial charge in [-0.05, 0) is 18.6 Å². The maximum atomic E-state index is 11.0. The number of halogens is 1. The first-order valence-electron chi connectivity index (χ1n) is 4.40. The van der Waals surface area contributed by atoms with Gasteiger partial charge in [0.25, 0.3) is 0 Å². The maximum Gasteiger partial charge on any atom is 0.238 e. The molecule has 0 saturated heterocycles. The van der Waals surface area contributed by atoms with Crippen LogP contribution in [0.4, 0.5) is 0 Å². The fraction of sp³-hybridized carbons (Fsp3) is 0.333. The van der Waals surface area contributed by atoms with E-state index in [1.165, 1.54) is 18.2 Å². The van der Waals surface area contributed by atoms with Gasteiger partial charge in [-0.25, -0.2) is 13.6 Å². The van der Waals surface area contributed by atoms with Gasteiger partial charge in [-0.1, -0.05) is 18.5 Å². The SMILES string of the molecule is CCCOc1cc(S(N)(=O)=O)ccc1Cl. The first-order valence-corrected chi connectivity index (χ1v) is 6.32. The normalized spacial score (nSPS) is 11.4. The highest BCUT2D eigenvalue weighted by atomic mass is 35.5. The average Bonchev–Trinajstić information content (AvgIpc) is 2.15. The highest BCUT2D eigenvalue weighted by molar-refractivity contribution is 7.89. The van der Waals surface area contributed by atoms with E-state index in [1.807, 2.05) is 6.92 Å². The van der Waals surface area contributed by atoms with Gasteiger partial charge in [0, 0.05) is 6.07 Å². The summed E-state index contributed by atoms with van der Waals surface area (Å²) in [6.45, 7) is 2.42. The largest absolute Gasteiger partial charge is 0.492 e. The van der Waals surface area contributed by atoms with E-state index in [2.05, 4.69) is 0 Å². The van der Waals surface area contributed by atoms with Crippen LogP contribution in [0.25, 0.3) is 0 Å². The molecular weight excluding hydrogens is 238 g/mol. The zero-order valence-corrected chi connectivity index (χ0v) is 9.81. The van der Waals surface area contributed by atoms with Crippen molar-refractivity contribution in [2.75, 3.05) is 6.61 Å². The van der Waals surface area contributed by atoms with Crippen LogP contribution < -0.4 is 9.88 Å². The smallest absolute Gasteiger partial charge is 0.238 e. The van der Waals surface area contributed by atoms with Gasteiger partial charge >= 0.3 is 0 Å². The Morgan fingerprint density at radius 1 is 1.47 bits per heavy atom. The van der Waals surface area contributed by atoms with Crippen LogP contribution in [0.5, 0.6) is 5.75 Å². The monoisotopic (exact) mass is 249 g/mol. The van der Waals surface area contributed by atoms with Crippen molar-refractivity contribution in [2.45, 2.75) is 18.2 Å². The van der Waals surface area contributed by atoms with Gasteiger partial charge in [0.05, 0.1) is 16.5 Å². The number of nitrogens with two attached hydrogens (primary N) is 1. The molecule has 15 heavy (non-hydrogen) atoms. The van der Waals surface area contributed by atoms with Crippen LogP contribution in [0.2, 0.25) is 5.02 Å². The van der Waals surface area contributed by atoms with Crippen LogP contribution in [0.15, 0.2) is 23.1 Å². The van der Waals surface area contributed by atoms with Crippen molar-refractivity contribution in [1.29, 1.82) is 0 Å². The lowest BCUT2D eigenvalue weighted by molar-refractivity contribution is 0.317. The summed E-state index contributed by atoms with van der Waals surface area (Å²) in [5.74, 6) is 0.338. The summed E-state index contributed by atoms with van der Waals surface area (Å²) in [5.41, 5.74) is 0. The zero-order valence-electron chi connectivity index (χ0n) is 8.23. The van der Waals surface area contributed by atoms with Crippen molar-refractivity contribution in [3.05, 3.63) is 23.2 Å². The van der Waals surface area contributed by atoms with E-state index in [1.54, 1.807) is 0 Å². The lowest BCUT2D eigenvalue weighted by Gasteiger charge is -2.07. The molecule has 0 saturated carbocycles. The van der Waals surface area contributed by atoms with E-state index in [9.17, 15) is 8.42 Å². The number of rotatable bonds is 4. The third-order valence-electron chi connectivity index (χ3n) is 1.69. The fourth-order valence-corrected chi connectivity index (χ4v) is 1.68. The first-order chi connectivity index (χ1) is 6.95. The molecule has 2 N–H and O–H groups in total. The molecule has 0 spiro atoms. The summed E-state index contributed by atoms with van der Waals surface area (Å²) in [7, 11) is -3.71. The number of hydrogen-bond acceptors (Lipinski definition) is 3. The van der Waals surface area contributed by atoms with Crippen LogP contribution in [-0.4, -0.2) is 15.0 Å². The van der Waals surface area contributed by atoms with Crippen molar-refractivity contribution in [3.63, 3.8) is 0 Å². The van der Waals surface area contributed by atoms with Gasteiger partial charge < -0.3 is 4.74 Å². The Morgan fingerprint density at radius 3 is 2.67 bits per heavy atom. The number of ether oxygens (including phenoxy) is 1. The number of benzene rings is 1. The molecule has 1 aromatic carbocycles.